The average Bonchev–Trinajstić information content (AvgIpc) is 2.71. The van der Waals surface area contributed by atoms with E-state index < -0.39 is 0 Å². The zero-order chi connectivity index (χ0) is 9.10. The smallest absolute Gasteiger partial charge is 0.195 e. The SMILES string of the molecule is O=C(c1cccs1)C1SCCCS1. The van der Waals surface area contributed by atoms with Crippen molar-refractivity contribution in [2.24, 2.45) is 0 Å². The van der Waals surface area contributed by atoms with Gasteiger partial charge in [-0.1, -0.05) is 6.07 Å². The number of hydrogen-bond acceptors (Lipinski definition) is 4. The van der Waals surface area contributed by atoms with Crippen LogP contribution in [-0.4, -0.2) is 21.9 Å². The van der Waals surface area contributed by atoms with Crippen LogP contribution in [0.25, 0.3) is 0 Å². The van der Waals surface area contributed by atoms with E-state index in [0.29, 0.717) is 5.78 Å². The van der Waals surface area contributed by atoms with Gasteiger partial charge in [0.15, 0.2) is 5.78 Å². The van der Waals surface area contributed by atoms with Gasteiger partial charge < -0.3 is 0 Å². The highest BCUT2D eigenvalue weighted by Crippen LogP contribution is 2.33. The Balaban J connectivity index is 2.04. The first-order valence-electron chi connectivity index (χ1n) is 4.19. The zero-order valence-electron chi connectivity index (χ0n) is 7.06. The number of thioether (sulfide) groups is 2. The van der Waals surface area contributed by atoms with Crippen molar-refractivity contribution in [1.82, 2.24) is 0 Å². The van der Waals surface area contributed by atoms with Crippen LogP contribution in [0.3, 0.4) is 0 Å². The van der Waals surface area contributed by atoms with Crippen molar-refractivity contribution in [3.63, 3.8) is 0 Å². The second kappa shape index (κ2) is 4.53. The molecule has 70 valence electrons. The normalized spacial score (nSPS) is 18.8. The monoisotopic (exact) mass is 230 g/mol. The molecule has 1 aliphatic heterocycles. The van der Waals surface area contributed by atoms with E-state index >= 15 is 0 Å². The molecule has 0 saturated carbocycles. The summed E-state index contributed by atoms with van der Waals surface area (Å²) in [7, 11) is 0. The summed E-state index contributed by atoms with van der Waals surface area (Å²) >= 11 is 5.13. The molecule has 0 aromatic carbocycles. The average molecular weight is 230 g/mol. The molecule has 1 aromatic rings. The molecule has 4 heteroatoms. The summed E-state index contributed by atoms with van der Waals surface area (Å²) in [5, 5.41) is 1.96. The summed E-state index contributed by atoms with van der Waals surface area (Å²) in [5.41, 5.74) is 0. The summed E-state index contributed by atoms with van der Waals surface area (Å²) in [5.74, 6) is 2.58. The molecule has 0 amide bonds. The Kier molecular flexibility index (Phi) is 3.35. The Hall–Kier alpha value is 0.0700. The van der Waals surface area contributed by atoms with Gasteiger partial charge in [-0.15, -0.1) is 34.9 Å². The first kappa shape index (κ1) is 9.62. The van der Waals surface area contributed by atoms with E-state index in [1.54, 1.807) is 34.9 Å². The van der Waals surface area contributed by atoms with E-state index in [4.69, 9.17) is 0 Å². The van der Waals surface area contributed by atoms with Crippen molar-refractivity contribution in [1.29, 1.82) is 0 Å². The summed E-state index contributed by atoms with van der Waals surface area (Å²) in [4.78, 5) is 12.7. The lowest BCUT2D eigenvalue weighted by atomic mass is 10.3. The number of hydrogen-bond donors (Lipinski definition) is 0. The van der Waals surface area contributed by atoms with Crippen molar-refractivity contribution in [3.8, 4) is 0 Å². The Morgan fingerprint density at radius 1 is 1.38 bits per heavy atom. The van der Waals surface area contributed by atoms with Gasteiger partial charge in [-0.25, -0.2) is 0 Å². The summed E-state index contributed by atoms with van der Waals surface area (Å²) in [6, 6.07) is 3.86. The first-order chi connectivity index (χ1) is 6.38. The fourth-order valence-electron chi connectivity index (χ4n) is 1.17. The molecule has 1 aliphatic rings. The van der Waals surface area contributed by atoms with Crippen molar-refractivity contribution in [3.05, 3.63) is 22.4 Å². The van der Waals surface area contributed by atoms with Gasteiger partial charge in [0.2, 0.25) is 0 Å². The topological polar surface area (TPSA) is 17.1 Å². The highest BCUT2D eigenvalue weighted by atomic mass is 32.2. The van der Waals surface area contributed by atoms with Gasteiger partial charge in [0, 0.05) is 0 Å². The van der Waals surface area contributed by atoms with Crippen molar-refractivity contribution < 1.29 is 4.79 Å². The van der Waals surface area contributed by atoms with Crippen molar-refractivity contribution in [2.45, 2.75) is 11.0 Å². The Morgan fingerprint density at radius 3 is 2.77 bits per heavy atom. The molecular weight excluding hydrogens is 220 g/mol. The molecule has 2 heterocycles. The molecular formula is C9H10OS3. The number of Topliss-reactive ketones (excluding diaryl/α,β-unsaturated/α-hetero) is 1. The number of ketones is 1. The van der Waals surface area contributed by atoms with Crippen LogP contribution in [0.15, 0.2) is 17.5 Å². The molecule has 0 unspecified atom stereocenters. The van der Waals surface area contributed by atoms with E-state index in [1.165, 1.54) is 6.42 Å². The fourth-order valence-corrected chi connectivity index (χ4v) is 4.77. The lowest BCUT2D eigenvalue weighted by Gasteiger charge is -2.18. The minimum absolute atomic E-state index is 0.160. The molecule has 0 N–H and O–H groups in total. The van der Waals surface area contributed by atoms with E-state index in [0.717, 1.165) is 16.4 Å². The Morgan fingerprint density at radius 2 is 2.15 bits per heavy atom. The van der Waals surface area contributed by atoms with Crippen molar-refractivity contribution >= 4 is 40.6 Å². The predicted molar refractivity (Wildman–Crippen MR) is 62.0 cm³/mol. The first-order valence-corrected chi connectivity index (χ1v) is 7.16. The number of thiophene rings is 1. The lowest BCUT2D eigenvalue weighted by molar-refractivity contribution is 0.101. The standard InChI is InChI=1S/C9H10OS3/c10-8(7-3-1-4-11-7)9-12-5-2-6-13-9/h1,3-4,9H,2,5-6H2. The van der Waals surface area contributed by atoms with Crippen LogP contribution in [0.2, 0.25) is 0 Å². The van der Waals surface area contributed by atoms with Crippen molar-refractivity contribution in [2.75, 3.05) is 11.5 Å². The van der Waals surface area contributed by atoms with Crippen LogP contribution in [0, 0.1) is 0 Å². The van der Waals surface area contributed by atoms with Crippen LogP contribution >= 0.6 is 34.9 Å². The molecule has 1 nitrogen and oxygen atoms in total. The highest BCUT2D eigenvalue weighted by molar-refractivity contribution is 8.18. The Labute approximate surface area is 90.3 Å². The summed E-state index contributed by atoms with van der Waals surface area (Å²) < 4.78 is 0.160. The van der Waals surface area contributed by atoms with E-state index in [1.807, 2.05) is 17.5 Å². The second-order valence-electron chi connectivity index (χ2n) is 2.77. The molecule has 0 radical (unpaired) electrons. The summed E-state index contributed by atoms with van der Waals surface area (Å²) in [6.45, 7) is 0. The van der Waals surface area contributed by atoms with Crippen LogP contribution < -0.4 is 0 Å². The molecule has 0 spiro atoms. The van der Waals surface area contributed by atoms with Gasteiger partial charge in [-0.2, -0.15) is 0 Å². The quantitative estimate of drug-likeness (QED) is 0.727. The molecule has 2 rings (SSSR count). The van der Waals surface area contributed by atoms with Gasteiger partial charge in [0.25, 0.3) is 0 Å². The highest BCUT2D eigenvalue weighted by Gasteiger charge is 2.23. The van der Waals surface area contributed by atoms with Crippen LogP contribution in [0.5, 0.6) is 0 Å². The van der Waals surface area contributed by atoms with E-state index in [-0.39, 0.29) is 4.58 Å². The number of carbonyl (C=O) groups is 1. The van der Waals surface area contributed by atoms with Crippen LogP contribution in [0.1, 0.15) is 16.1 Å². The third kappa shape index (κ3) is 2.30. The maximum atomic E-state index is 11.8. The van der Waals surface area contributed by atoms with Gasteiger partial charge in [0.1, 0.15) is 4.58 Å². The molecule has 0 aliphatic carbocycles. The minimum atomic E-state index is 0.160. The molecule has 1 fully saturated rings. The molecule has 1 saturated heterocycles. The van der Waals surface area contributed by atoms with Crippen LogP contribution in [-0.2, 0) is 0 Å². The molecule has 0 atom stereocenters. The van der Waals surface area contributed by atoms with Gasteiger partial charge in [-0.3, -0.25) is 4.79 Å². The Bertz CT molecular complexity index is 275. The fraction of sp³-hybridized carbons (Fsp3) is 0.444. The van der Waals surface area contributed by atoms with Gasteiger partial charge >= 0.3 is 0 Å². The number of rotatable bonds is 2. The molecule has 1 aromatic heterocycles. The summed E-state index contributed by atoms with van der Waals surface area (Å²) in [6.07, 6.45) is 1.24. The third-order valence-corrected chi connectivity index (χ3v) is 5.59. The molecule has 13 heavy (non-hydrogen) atoms. The van der Waals surface area contributed by atoms with E-state index in [2.05, 4.69) is 0 Å². The lowest BCUT2D eigenvalue weighted by Crippen LogP contribution is -2.17. The zero-order valence-corrected chi connectivity index (χ0v) is 9.51. The third-order valence-electron chi connectivity index (χ3n) is 1.81. The maximum Gasteiger partial charge on any atom is 0.195 e. The maximum absolute atomic E-state index is 11.8. The molecule has 0 bridgehead atoms. The van der Waals surface area contributed by atoms with Gasteiger partial charge in [-0.05, 0) is 29.4 Å². The minimum Gasteiger partial charge on any atom is -0.291 e. The largest absolute Gasteiger partial charge is 0.291 e. The predicted octanol–water partition coefficient (Wildman–Crippen LogP) is 3.13. The number of carbonyl (C=O) groups excluding carboxylic acids is 1. The van der Waals surface area contributed by atoms with E-state index in [9.17, 15) is 4.79 Å². The van der Waals surface area contributed by atoms with Crippen LogP contribution in [0.4, 0.5) is 0 Å². The second-order valence-corrected chi connectivity index (χ2v) is 6.44. The van der Waals surface area contributed by atoms with Gasteiger partial charge in [0.05, 0.1) is 4.88 Å².